The highest BCUT2D eigenvalue weighted by Gasteiger charge is 2.24. The van der Waals surface area contributed by atoms with Gasteiger partial charge in [0, 0.05) is 25.2 Å². The van der Waals surface area contributed by atoms with Crippen LogP contribution in [0.5, 0.6) is 0 Å². The smallest absolute Gasteiger partial charge is 0.245 e. The molecule has 0 saturated carbocycles. The van der Waals surface area contributed by atoms with Gasteiger partial charge in [0.05, 0.1) is 11.6 Å². The van der Waals surface area contributed by atoms with Gasteiger partial charge in [0.15, 0.2) is 5.82 Å². The van der Waals surface area contributed by atoms with Crippen molar-refractivity contribution in [1.82, 2.24) is 14.4 Å². The molecule has 2 rings (SSSR count). The Bertz CT molecular complexity index is 788. The normalized spacial score (nSPS) is 11.9. The van der Waals surface area contributed by atoms with Gasteiger partial charge in [-0.3, -0.25) is 0 Å². The molecule has 0 aliphatic rings. The fourth-order valence-corrected chi connectivity index (χ4v) is 4.16. The standard InChI is InChI=1S/C15H21ClN4O3S/c1-4-14-18-15(23-19-14)10-17-11-7-8-12(16)13(9-11)24(21,22)20(5-2)6-3/h7-9,17H,4-6,10H2,1-3H3. The van der Waals surface area contributed by atoms with Gasteiger partial charge in [0.1, 0.15) is 4.90 Å². The topological polar surface area (TPSA) is 88.3 Å². The molecule has 2 aromatic rings. The summed E-state index contributed by atoms with van der Waals surface area (Å²) < 4.78 is 31.8. The molecule has 0 bridgehead atoms. The van der Waals surface area contributed by atoms with Crippen molar-refractivity contribution in [1.29, 1.82) is 0 Å². The summed E-state index contributed by atoms with van der Waals surface area (Å²) >= 11 is 6.10. The third kappa shape index (κ3) is 4.06. The number of benzene rings is 1. The number of aryl methyl sites for hydroxylation is 1. The quantitative estimate of drug-likeness (QED) is 0.766. The van der Waals surface area contributed by atoms with Gasteiger partial charge in [0.2, 0.25) is 15.9 Å². The van der Waals surface area contributed by atoms with Crippen molar-refractivity contribution in [2.75, 3.05) is 18.4 Å². The van der Waals surface area contributed by atoms with E-state index in [0.29, 0.717) is 43.5 Å². The van der Waals surface area contributed by atoms with Gasteiger partial charge in [-0.05, 0) is 18.2 Å². The lowest BCUT2D eigenvalue weighted by molar-refractivity contribution is 0.378. The number of nitrogens with zero attached hydrogens (tertiary/aromatic N) is 3. The largest absolute Gasteiger partial charge is 0.376 e. The van der Waals surface area contributed by atoms with Gasteiger partial charge in [0.25, 0.3) is 0 Å². The lowest BCUT2D eigenvalue weighted by Gasteiger charge is -2.19. The average molecular weight is 373 g/mol. The monoisotopic (exact) mass is 372 g/mol. The molecule has 7 nitrogen and oxygen atoms in total. The summed E-state index contributed by atoms with van der Waals surface area (Å²) in [6, 6.07) is 4.79. The van der Waals surface area contributed by atoms with E-state index in [1.54, 1.807) is 26.0 Å². The second kappa shape index (κ2) is 7.96. The Hall–Kier alpha value is -1.64. The molecule has 0 amide bonds. The Balaban J connectivity index is 2.22. The molecule has 1 aromatic carbocycles. The van der Waals surface area contributed by atoms with Crippen LogP contribution in [-0.4, -0.2) is 36.0 Å². The molecule has 132 valence electrons. The van der Waals surface area contributed by atoms with E-state index >= 15 is 0 Å². The van der Waals surface area contributed by atoms with E-state index in [-0.39, 0.29) is 9.92 Å². The van der Waals surface area contributed by atoms with Crippen LogP contribution in [-0.2, 0) is 23.0 Å². The minimum absolute atomic E-state index is 0.0812. The fraction of sp³-hybridized carbons (Fsp3) is 0.467. The summed E-state index contributed by atoms with van der Waals surface area (Å²) in [6.07, 6.45) is 0.691. The maximum Gasteiger partial charge on any atom is 0.245 e. The zero-order valence-electron chi connectivity index (χ0n) is 13.9. The maximum atomic E-state index is 12.7. The fourth-order valence-electron chi connectivity index (χ4n) is 2.20. The van der Waals surface area contributed by atoms with Gasteiger partial charge in [-0.2, -0.15) is 9.29 Å². The van der Waals surface area contributed by atoms with E-state index < -0.39 is 10.0 Å². The molecule has 24 heavy (non-hydrogen) atoms. The number of halogens is 1. The summed E-state index contributed by atoms with van der Waals surface area (Å²) in [5.74, 6) is 1.07. The van der Waals surface area contributed by atoms with Crippen LogP contribution >= 0.6 is 11.6 Å². The van der Waals surface area contributed by atoms with Crippen LogP contribution in [0.1, 0.15) is 32.5 Å². The molecule has 1 N–H and O–H groups in total. The summed E-state index contributed by atoms with van der Waals surface area (Å²) in [6.45, 7) is 6.59. The molecule has 0 aliphatic carbocycles. The van der Waals surface area contributed by atoms with Gasteiger partial charge in [-0.1, -0.05) is 37.5 Å². The first kappa shape index (κ1) is 18.7. The lowest BCUT2D eigenvalue weighted by atomic mass is 10.3. The van der Waals surface area contributed by atoms with Crippen LogP contribution in [0.2, 0.25) is 5.02 Å². The van der Waals surface area contributed by atoms with E-state index in [4.69, 9.17) is 16.1 Å². The highest BCUT2D eigenvalue weighted by Crippen LogP contribution is 2.28. The van der Waals surface area contributed by atoms with E-state index in [9.17, 15) is 8.42 Å². The van der Waals surface area contributed by atoms with E-state index in [2.05, 4.69) is 15.5 Å². The number of sulfonamides is 1. The molecule has 1 heterocycles. The zero-order chi connectivity index (χ0) is 17.7. The van der Waals surface area contributed by atoms with Crippen molar-refractivity contribution in [3.63, 3.8) is 0 Å². The van der Waals surface area contributed by atoms with Crippen LogP contribution in [0, 0.1) is 0 Å². The Morgan fingerprint density at radius 1 is 1.25 bits per heavy atom. The minimum Gasteiger partial charge on any atom is -0.376 e. The van der Waals surface area contributed by atoms with Crippen LogP contribution in [0.3, 0.4) is 0 Å². The summed E-state index contributed by atoms with van der Waals surface area (Å²) in [7, 11) is -3.63. The lowest BCUT2D eigenvalue weighted by Crippen LogP contribution is -2.30. The number of anilines is 1. The van der Waals surface area contributed by atoms with Crippen molar-refractivity contribution >= 4 is 27.3 Å². The van der Waals surface area contributed by atoms with Crippen molar-refractivity contribution < 1.29 is 12.9 Å². The predicted octanol–water partition coefficient (Wildman–Crippen LogP) is 2.93. The van der Waals surface area contributed by atoms with Gasteiger partial charge < -0.3 is 9.84 Å². The summed E-state index contributed by atoms with van der Waals surface area (Å²) in [5, 5.41) is 7.08. The number of rotatable bonds is 8. The summed E-state index contributed by atoms with van der Waals surface area (Å²) in [4.78, 5) is 4.28. The second-order valence-corrected chi connectivity index (χ2v) is 7.36. The molecular weight excluding hydrogens is 352 g/mol. The predicted molar refractivity (Wildman–Crippen MR) is 92.6 cm³/mol. The van der Waals surface area contributed by atoms with Crippen LogP contribution < -0.4 is 5.32 Å². The van der Waals surface area contributed by atoms with Crippen LogP contribution in [0.4, 0.5) is 5.69 Å². The molecule has 0 spiro atoms. The number of nitrogens with one attached hydrogen (secondary N) is 1. The highest BCUT2D eigenvalue weighted by atomic mass is 35.5. The van der Waals surface area contributed by atoms with Crippen LogP contribution in [0.15, 0.2) is 27.6 Å². The van der Waals surface area contributed by atoms with Crippen LogP contribution in [0.25, 0.3) is 0 Å². The van der Waals surface area contributed by atoms with Gasteiger partial charge in [-0.25, -0.2) is 8.42 Å². The Morgan fingerprint density at radius 2 is 1.96 bits per heavy atom. The van der Waals surface area contributed by atoms with Crippen molar-refractivity contribution in [2.45, 2.75) is 38.6 Å². The third-order valence-corrected chi connectivity index (χ3v) is 6.06. The SMILES string of the molecule is CCc1noc(CNc2ccc(Cl)c(S(=O)(=O)N(CC)CC)c2)n1. The molecule has 1 aromatic heterocycles. The molecule has 0 unspecified atom stereocenters. The van der Waals surface area contributed by atoms with E-state index in [1.165, 1.54) is 10.4 Å². The summed E-state index contributed by atoms with van der Waals surface area (Å²) in [5.41, 5.74) is 0.612. The van der Waals surface area contributed by atoms with Crippen molar-refractivity contribution in [2.24, 2.45) is 0 Å². The first-order chi connectivity index (χ1) is 11.4. The van der Waals surface area contributed by atoms with Gasteiger partial charge in [-0.15, -0.1) is 0 Å². The molecule has 0 radical (unpaired) electrons. The third-order valence-electron chi connectivity index (χ3n) is 3.52. The van der Waals surface area contributed by atoms with Crippen molar-refractivity contribution in [3.8, 4) is 0 Å². The molecule has 0 saturated heterocycles. The number of hydrogen-bond donors (Lipinski definition) is 1. The maximum absolute atomic E-state index is 12.7. The second-order valence-electron chi connectivity index (χ2n) is 5.05. The Morgan fingerprint density at radius 3 is 2.54 bits per heavy atom. The Kier molecular flexibility index (Phi) is 6.20. The number of aromatic nitrogens is 2. The number of hydrogen-bond acceptors (Lipinski definition) is 6. The first-order valence-electron chi connectivity index (χ1n) is 7.77. The molecular formula is C15H21ClN4O3S. The molecule has 0 aliphatic heterocycles. The minimum atomic E-state index is -3.63. The molecule has 9 heteroatoms. The van der Waals surface area contributed by atoms with Crippen molar-refractivity contribution in [3.05, 3.63) is 34.9 Å². The van der Waals surface area contributed by atoms with E-state index in [0.717, 1.165) is 0 Å². The van der Waals surface area contributed by atoms with E-state index in [1.807, 2.05) is 6.92 Å². The molecule has 0 fully saturated rings. The Labute approximate surface area is 147 Å². The zero-order valence-corrected chi connectivity index (χ0v) is 15.5. The molecule has 0 atom stereocenters. The highest BCUT2D eigenvalue weighted by molar-refractivity contribution is 7.89. The average Bonchev–Trinajstić information content (AvgIpc) is 3.03. The first-order valence-corrected chi connectivity index (χ1v) is 9.59. The van der Waals surface area contributed by atoms with Gasteiger partial charge >= 0.3 is 0 Å².